The van der Waals surface area contributed by atoms with Crippen LogP contribution in [0.25, 0.3) is 0 Å². The van der Waals surface area contributed by atoms with Crippen LogP contribution < -0.4 is 0 Å². The summed E-state index contributed by atoms with van der Waals surface area (Å²) in [6, 6.07) is 5.81. The lowest BCUT2D eigenvalue weighted by Gasteiger charge is -2.08. The number of nitrogens with zero attached hydrogens (tertiary/aromatic N) is 1. The van der Waals surface area contributed by atoms with Crippen LogP contribution in [0.1, 0.15) is 30.0 Å². The van der Waals surface area contributed by atoms with Gasteiger partial charge in [0.15, 0.2) is 0 Å². The van der Waals surface area contributed by atoms with Gasteiger partial charge in [-0.2, -0.15) is 0 Å². The molecule has 0 amide bonds. The first-order valence-corrected chi connectivity index (χ1v) is 7.17. The van der Waals surface area contributed by atoms with Gasteiger partial charge < -0.3 is 9.52 Å². The van der Waals surface area contributed by atoms with E-state index in [-0.39, 0.29) is 0 Å². The lowest BCUT2D eigenvalue weighted by Crippen LogP contribution is -1.92. The second kappa shape index (κ2) is 5.47. The fourth-order valence-electron chi connectivity index (χ4n) is 1.50. The highest BCUT2D eigenvalue weighted by molar-refractivity contribution is 9.10. The van der Waals surface area contributed by atoms with Gasteiger partial charge in [-0.15, -0.1) is 0 Å². The van der Waals surface area contributed by atoms with Crippen LogP contribution in [-0.4, -0.2) is 10.1 Å². The van der Waals surface area contributed by atoms with Crippen LogP contribution in [0.2, 0.25) is 0 Å². The minimum absolute atomic E-state index is 0.482. The van der Waals surface area contributed by atoms with Crippen LogP contribution in [0.4, 0.5) is 0 Å². The number of oxazole rings is 1. The minimum Gasteiger partial charge on any atom is -0.436 e. The molecular weight excluding hydrogens is 314 g/mol. The Kier molecular flexibility index (Phi) is 4.14. The van der Waals surface area contributed by atoms with Crippen LogP contribution in [0.15, 0.2) is 37.2 Å². The monoisotopic (exact) mass is 327 g/mol. The highest BCUT2D eigenvalue weighted by Crippen LogP contribution is 2.33. The molecule has 2 rings (SSSR count). The lowest BCUT2D eigenvalue weighted by atomic mass is 10.1. The van der Waals surface area contributed by atoms with E-state index in [0.717, 1.165) is 26.4 Å². The predicted molar refractivity (Wildman–Crippen MR) is 74.9 cm³/mol. The van der Waals surface area contributed by atoms with Crippen LogP contribution in [-0.2, 0) is 0 Å². The molecule has 18 heavy (non-hydrogen) atoms. The van der Waals surface area contributed by atoms with Gasteiger partial charge >= 0.3 is 0 Å². The smallest absolute Gasteiger partial charge is 0.260 e. The Morgan fingerprint density at radius 3 is 2.61 bits per heavy atom. The number of aliphatic hydroxyl groups excluding tert-OH is 1. The second-order valence-corrected chi connectivity index (χ2v) is 5.96. The van der Waals surface area contributed by atoms with Gasteiger partial charge in [-0.3, -0.25) is 0 Å². The third-order valence-electron chi connectivity index (χ3n) is 2.64. The van der Waals surface area contributed by atoms with E-state index in [1.54, 1.807) is 6.92 Å². The largest absolute Gasteiger partial charge is 0.436 e. The topological polar surface area (TPSA) is 46.3 Å². The normalized spacial score (nSPS) is 12.7. The van der Waals surface area contributed by atoms with E-state index in [0.29, 0.717) is 5.22 Å². The predicted octanol–water partition coefficient (Wildman–Crippen LogP) is 4.26. The molecule has 1 N–H and O–H groups in total. The molecule has 1 aromatic heterocycles. The molecular formula is C13H14BrNO2S. The summed E-state index contributed by atoms with van der Waals surface area (Å²) in [5.41, 5.74) is 1.79. The zero-order valence-electron chi connectivity index (χ0n) is 10.4. The summed E-state index contributed by atoms with van der Waals surface area (Å²) in [5.74, 6) is 0.845. The molecule has 96 valence electrons. The van der Waals surface area contributed by atoms with Gasteiger partial charge in [0.2, 0.25) is 0 Å². The molecule has 1 aromatic carbocycles. The summed E-state index contributed by atoms with van der Waals surface area (Å²) in [6.07, 6.45) is -0.482. The van der Waals surface area contributed by atoms with Crippen LogP contribution in [0.5, 0.6) is 0 Å². The van der Waals surface area contributed by atoms with Crippen molar-refractivity contribution in [2.45, 2.75) is 37.0 Å². The summed E-state index contributed by atoms with van der Waals surface area (Å²) in [5, 5.41) is 10.2. The number of benzene rings is 1. The number of aryl methyl sites for hydroxylation is 2. The third kappa shape index (κ3) is 2.96. The average molecular weight is 328 g/mol. The molecule has 0 fully saturated rings. The molecule has 1 atom stereocenters. The maximum Gasteiger partial charge on any atom is 0.260 e. The fourth-order valence-corrected chi connectivity index (χ4v) is 3.22. The molecule has 0 radical (unpaired) electrons. The number of hydrogen-bond donors (Lipinski definition) is 1. The molecule has 0 spiro atoms. The summed E-state index contributed by atoms with van der Waals surface area (Å²) < 4.78 is 6.41. The highest BCUT2D eigenvalue weighted by Gasteiger charge is 2.10. The van der Waals surface area contributed by atoms with Crippen molar-refractivity contribution in [1.29, 1.82) is 0 Å². The van der Waals surface area contributed by atoms with E-state index in [9.17, 15) is 5.11 Å². The van der Waals surface area contributed by atoms with Crippen molar-refractivity contribution < 1.29 is 9.52 Å². The molecule has 0 aliphatic carbocycles. The molecule has 0 aliphatic rings. The first-order valence-electron chi connectivity index (χ1n) is 5.56. The third-order valence-corrected chi connectivity index (χ3v) is 4.16. The zero-order valence-corrected chi connectivity index (χ0v) is 12.8. The van der Waals surface area contributed by atoms with Crippen LogP contribution in [0, 0.1) is 13.8 Å². The minimum atomic E-state index is -0.482. The van der Waals surface area contributed by atoms with E-state index in [4.69, 9.17) is 4.42 Å². The van der Waals surface area contributed by atoms with Gasteiger partial charge in [-0.1, -0.05) is 22.0 Å². The van der Waals surface area contributed by atoms with Gasteiger partial charge in [0, 0.05) is 9.37 Å². The number of aliphatic hydroxyl groups is 1. The van der Waals surface area contributed by atoms with Gasteiger partial charge in [-0.05, 0) is 50.2 Å². The van der Waals surface area contributed by atoms with Crippen LogP contribution >= 0.6 is 27.7 Å². The Hall–Kier alpha value is -0.780. The maximum atomic E-state index is 9.56. The van der Waals surface area contributed by atoms with E-state index in [2.05, 4.69) is 20.9 Å². The van der Waals surface area contributed by atoms with Crippen molar-refractivity contribution in [2.24, 2.45) is 0 Å². The van der Waals surface area contributed by atoms with Gasteiger partial charge in [0.05, 0.1) is 11.8 Å². The summed E-state index contributed by atoms with van der Waals surface area (Å²) in [4.78, 5) is 5.35. The van der Waals surface area contributed by atoms with Gasteiger partial charge in [0.1, 0.15) is 5.76 Å². The molecule has 0 saturated heterocycles. The van der Waals surface area contributed by atoms with Crippen molar-refractivity contribution in [3.05, 3.63) is 39.7 Å². The van der Waals surface area contributed by atoms with Crippen molar-refractivity contribution >= 4 is 27.7 Å². The van der Waals surface area contributed by atoms with Crippen molar-refractivity contribution in [2.75, 3.05) is 0 Å². The van der Waals surface area contributed by atoms with E-state index >= 15 is 0 Å². The average Bonchev–Trinajstić information content (AvgIpc) is 2.57. The van der Waals surface area contributed by atoms with Crippen LogP contribution in [0.3, 0.4) is 0 Å². The Morgan fingerprint density at radius 1 is 1.39 bits per heavy atom. The summed E-state index contributed by atoms with van der Waals surface area (Å²) >= 11 is 4.92. The number of hydrogen-bond acceptors (Lipinski definition) is 4. The van der Waals surface area contributed by atoms with Crippen molar-refractivity contribution in [3.8, 4) is 0 Å². The summed E-state index contributed by atoms with van der Waals surface area (Å²) in [6.45, 7) is 5.57. The van der Waals surface area contributed by atoms with Crippen molar-refractivity contribution in [3.63, 3.8) is 0 Å². The molecule has 1 heterocycles. The maximum absolute atomic E-state index is 9.56. The molecule has 2 aromatic rings. The Balaban J connectivity index is 2.22. The standard InChI is InChI=1S/C13H14BrNO2S/c1-7-9(3)17-13(15-7)18-10-4-5-11(8(2)16)12(14)6-10/h4-6,8,16H,1-3H3. The molecule has 0 bridgehead atoms. The number of halogens is 1. The van der Waals surface area contributed by atoms with E-state index in [1.165, 1.54) is 11.8 Å². The SMILES string of the molecule is Cc1nc(Sc2ccc(C(C)O)c(Br)c2)oc1C. The Morgan fingerprint density at radius 2 is 2.11 bits per heavy atom. The van der Waals surface area contributed by atoms with Gasteiger partial charge in [-0.25, -0.2) is 4.98 Å². The van der Waals surface area contributed by atoms with E-state index in [1.807, 2.05) is 32.0 Å². The molecule has 1 unspecified atom stereocenters. The number of aromatic nitrogens is 1. The fraction of sp³-hybridized carbons (Fsp3) is 0.308. The first kappa shape index (κ1) is 13.6. The quantitative estimate of drug-likeness (QED) is 0.914. The zero-order chi connectivity index (χ0) is 13.3. The summed E-state index contributed by atoms with van der Waals surface area (Å²) in [7, 11) is 0. The Bertz CT molecular complexity index is 547. The second-order valence-electron chi connectivity index (χ2n) is 4.08. The van der Waals surface area contributed by atoms with E-state index < -0.39 is 6.10 Å². The molecule has 5 heteroatoms. The molecule has 3 nitrogen and oxygen atoms in total. The van der Waals surface area contributed by atoms with Crippen molar-refractivity contribution in [1.82, 2.24) is 4.98 Å². The first-order chi connectivity index (χ1) is 8.47. The lowest BCUT2D eigenvalue weighted by molar-refractivity contribution is 0.198. The highest BCUT2D eigenvalue weighted by atomic mass is 79.9. The molecule has 0 aliphatic heterocycles. The Labute approximate surface area is 119 Å². The molecule has 0 saturated carbocycles. The van der Waals surface area contributed by atoms with Gasteiger partial charge in [0.25, 0.3) is 5.22 Å². The number of rotatable bonds is 3.